The van der Waals surface area contributed by atoms with Gasteiger partial charge in [0.05, 0.1) is 36.7 Å². The van der Waals surface area contributed by atoms with Crippen molar-refractivity contribution in [3.63, 3.8) is 0 Å². The first-order chi connectivity index (χ1) is 15.1. The number of amides is 1. The zero-order chi connectivity index (χ0) is 21.4. The van der Waals surface area contributed by atoms with Crippen LogP contribution in [0.4, 0.5) is 0 Å². The van der Waals surface area contributed by atoms with E-state index in [9.17, 15) is 9.59 Å². The molecule has 7 nitrogen and oxygen atoms in total. The topological polar surface area (TPSA) is 77.6 Å². The van der Waals surface area contributed by atoms with E-state index in [-0.39, 0.29) is 16.7 Å². The quantitative estimate of drug-likeness (QED) is 0.430. The first-order valence-electron chi connectivity index (χ1n) is 10.7. The summed E-state index contributed by atoms with van der Waals surface area (Å²) in [5.41, 5.74) is 1.14. The number of aromatic nitrogens is 2. The fourth-order valence-electron chi connectivity index (χ4n) is 4.26. The molecular formula is C22H25N3O4S2. The number of aryl methyl sites for hydroxylation is 2. The SMILES string of the molecule is CC(Sc1nc2sc3c(c2c(=O)n1Cc1ccco1)CCCC3)C(=O)N1CCOCC1. The molecule has 2 aliphatic rings. The van der Waals surface area contributed by atoms with Crippen LogP contribution in [0, 0.1) is 0 Å². The van der Waals surface area contributed by atoms with Crippen LogP contribution in [0.2, 0.25) is 0 Å². The lowest BCUT2D eigenvalue weighted by molar-refractivity contribution is -0.134. The van der Waals surface area contributed by atoms with Gasteiger partial charge in [-0.25, -0.2) is 4.98 Å². The van der Waals surface area contributed by atoms with Gasteiger partial charge < -0.3 is 14.1 Å². The van der Waals surface area contributed by atoms with Gasteiger partial charge in [-0.1, -0.05) is 11.8 Å². The minimum atomic E-state index is -0.347. The molecule has 164 valence electrons. The van der Waals surface area contributed by atoms with Crippen molar-refractivity contribution in [2.75, 3.05) is 26.3 Å². The van der Waals surface area contributed by atoms with E-state index in [4.69, 9.17) is 14.1 Å². The maximum Gasteiger partial charge on any atom is 0.263 e. The summed E-state index contributed by atoms with van der Waals surface area (Å²) in [6.45, 7) is 4.53. The van der Waals surface area contributed by atoms with Crippen LogP contribution in [-0.2, 0) is 28.9 Å². The van der Waals surface area contributed by atoms with E-state index in [1.54, 1.807) is 22.2 Å². The van der Waals surface area contributed by atoms with Crippen LogP contribution in [0.3, 0.4) is 0 Å². The van der Waals surface area contributed by atoms with E-state index in [2.05, 4.69) is 0 Å². The van der Waals surface area contributed by atoms with Gasteiger partial charge in [-0.05, 0) is 50.3 Å². The highest BCUT2D eigenvalue weighted by molar-refractivity contribution is 8.00. The molecule has 1 saturated heterocycles. The summed E-state index contributed by atoms with van der Waals surface area (Å²) in [5, 5.41) is 0.976. The number of thioether (sulfide) groups is 1. The van der Waals surface area contributed by atoms with E-state index in [1.165, 1.54) is 22.2 Å². The molecule has 0 aromatic carbocycles. The molecule has 0 radical (unpaired) electrons. The van der Waals surface area contributed by atoms with Gasteiger partial charge in [0.25, 0.3) is 5.56 Å². The van der Waals surface area contributed by atoms with E-state index in [0.717, 1.165) is 35.9 Å². The summed E-state index contributed by atoms with van der Waals surface area (Å²) in [6, 6.07) is 3.67. The smallest absolute Gasteiger partial charge is 0.263 e. The van der Waals surface area contributed by atoms with Gasteiger partial charge in [-0.15, -0.1) is 11.3 Å². The maximum absolute atomic E-state index is 13.6. The molecule has 0 spiro atoms. The Morgan fingerprint density at radius 3 is 2.87 bits per heavy atom. The number of rotatable bonds is 5. The number of thiophene rings is 1. The van der Waals surface area contributed by atoms with Gasteiger partial charge in [0.1, 0.15) is 10.6 Å². The van der Waals surface area contributed by atoms with Crippen molar-refractivity contribution in [3.8, 4) is 0 Å². The molecule has 0 saturated carbocycles. The Morgan fingerprint density at radius 2 is 2.10 bits per heavy atom. The monoisotopic (exact) mass is 459 g/mol. The third-order valence-electron chi connectivity index (χ3n) is 5.89. The number of hydrogen-bond donors (Lipinski definition) is 0. The highest BCUT2D eigenvalue weighted by Crippen LogP contribution is 2.35. The fourth-order valence-corrected chi connectivity index (χ4v) is 6.55. The van der Waals surface area contributed by atoms with Crippen molar-refractivity contribution in [2.45, 2.75) is 49.6 Å². The first-order valence-corrected chi connectivity index (χ1v) is 12.4. The Kier molecular flexibility index (Phi) is 5.90. The second kappa shape index (κ2) is 8.80. The highest BCUT2D eigenvalue weighted by atomic mass is 32.2. The van der Waals surface area contributed by atoms with Crippen molar-refractivity contribution in [1.82, 2.24) is 14.5 Å². The third-order valence-corrected chi connectivity index (χ3v) is 8.15. The predicted molar refractivity (Wildman–Crippen MR) is 121 cm³/mol. The molecule has 3 aromatic rings. The van der Waals surface area contributed by atoms with Crippen LogP contribution in [0.1, 0.15) is 36.0 Å². The Bertz CT molecular complexity index is 1150. The van der Waals surface area contributed by atoms with Gasteiger partial charge in [-0.2, -0.15) is 0 Å². The van der Waals surface area contributed by atoms with Crippen LogP contribution in [0.15, 0.2) is 32.8 Å². The fraction of sp³-hybridized carbons (Fsp3) is 0.500. The molecule has 0 N–H and O–H groups in total. The number of carbonyl (C=O) groups is 1. The molecule has 4 heterocycles. The van der Waals surface area contributed by atoms with E-state index in [1.807, 2.05) is 24.0 Å². The summed E-state index contributed by atoms with van der Waals surface area (Å²) >= 11 is 2.99. The number of morpholine rings is 1. The van der Waals surface area contributed by atoms with E-state index in [0.29, 0.717) is 43.8 Å². The molecule has 9 heteroatoms. The number of fused-ring (bicyclic) bond motifs is 3. The average molecular weight is 460 g/mol. The Balaban J connectivity index is 1.53. The largest absolute Gasteiger partial charge is 0.467 e. The molecule has 1 atom stereocenters. The van der Waals surface area contributed by atoms with Crippen molar-refractivity contribution in [1.29, 1.82) is 0 Å². The lowest BCUT2D eigenvalue weighted by Gasteiger charge is -2.29. The predicted octanol–water partition coefficient (Wildman–Crippen LogP) is 3.32. The van der Waals surface area contributed by atoms with Crippen molar-refractivity contribution in [3.05, 3.63) is 45.0 Å². The van der Waals surface area contributed by atoms with Crippen molar-refractivity contribution in [2.24, 2.45) is 0 Å². The molecule has 0 bridgehead atoms. The Morgan fingerprint density at radius 1 is 1.29 bits per heavy atom. The summed E-state index contributed by atoms with van der Waals surface area (Å²) < 4.78 is 12.6. The molecular weight excluding hydrogens is 434 g/mol. The lowest BCUT2D eigenvalue weighted by atomic mass is 9.97. The average Bonchev–Trinajstić information content (AvgIpc) is 3.43. The van der Waals surface area contributed by atoms with Crippen LogP contribution < -0.4 is 5.56 Å². The minimum Gasteiger partial charge on any atom is -0.467 e. The summed E-state index contributed by atoms with van der Waals surface area (Å²) in [5.74, 6) is 0.749. The molecule has 1 amide bonds. The molecule has 31 heavy (non-hydrogen) atoms. The zero-order valence-corrected chi connectivity index (χ0v) is 19.1. The summed E-state index contributed by atoms with van der Waals surface area (Å²) in [6.07, 6.45) is 5.83. The number of nitrogens with zero attached hydrogens (tertiary/aromatic N) is 3. The van der Waals surface area contributed by atoms with Crippen LogP contribution >= 0.6 is 23.1 Å². The first kappa shape index (κ1) is 20.8. The summed E-state index contributed by atoms with van der Waals surface area (Å²) in [4.78, 5) is 35.4. The molecule has 5 rings (SSSR count). The second-order valence-electron chi connectivity index (χ2n) is 7.95. The second-order valence-corrected chi connectivity index (χ2v) is 10.3. The number of ether oxygens (including phenoxy) is 1. The molecule has 1 aliphatic heterocycles. The van der Waals surface area contributed by atoms with E-state index < -0.39 is 0 Å². The lowest BCUT2D eigenvalue weighted by Crippen LogP contribution is -2.44. The highest BCUT2D eigenvalue weighted by Gasteiger charge is 2.27. The Hall–Kier alpha value is -2.10. The zero-order valence-electron chi connectivity index (χ0n) is 17.5. The van der Waals surface area contributed by atoms with Gasteiger partial charge in [0, 0.05) is 18.0 Å². The van der Waals surface area contributed by atoms with Crippen LogP contribution in [0.25, 0.3) is 10.2 Å². The van der Waals surface area contributed by atoms with E-state index >= 15 is 0 Å². The van der Waals surface area contributed by atoms with Gasteiger partial charge in [-0.3, -0.25) is 14.2 Å². The summed E-state index contributed by atoms with van der Waals surface area (Å²) in [7, 11) is 0. The van der Waals surface area contributed by atoms with Gasteiger partial charge >= 0.3 is 0 Å². The Labute approximate surface area is 188 Å². The minimum absolute atomic E-state index is 0.0330. The van der Waals surface area contributed by atoms with Gasteiger partial charge in [0.15, 0.2) is 5.16 Å². The molecule has 1 unspecified atom stereocenters. The number of furan rings is 1. The van der Waals surface area contributed by atoms with Crippen LogP contribution in [0.5, 0.6) is 0 Å². The van der Waals surface area contributed by atoms with Crippen molar-refractivity contribution >= 4 is 39.2 Å². The third kappa shape index (κ3) is 4.06. The standard InChI is InChI=1S/C22H25N3O4S2/c1-14(20(26)24-8-11-28-12-9-24)30-22-23-19-18(16-6-2-3-7-17(16)31-19)21(27)25(22)13-15-5-4-10-29-15/h4-5,10,14H,2-3,6-9,11-13H2,1H3. The normalized spacial score (nSPS) is 17.6. The number of carbonyl (C=O) groups excluding carboxylic acids is 1. The molecule has 1 fully saturated rings. The van der Waals surface area contributed by atoms with Gasteiger partial charge in [0.2, 0.25) is 5.91 Å². The molecule has 1 aliphatic carbocycles. The van der Waals surface area contributed by atoms with Crippen LogP contribution in [-0.4, -0.2) is 51.9 Å². The van der Waals surface area contributed by atoms with Crippen molar-refractivity contribution < 1.29 is 13.9 Å². The number of hydrogen-bond acceptors (Lipinski definition) is 7. The maximum atomic E-state index is 13.6. The molecule has 3 aromatic heterocycles.